The molecule has 4 atom stereocenters. The van der Waals surface area contributed by atoms with E-state index in [0.29, 0.717) is 5.92 Å². The number of benzene rings is 1. The van der Waals surface area contributed by atoms with Gasteiger partial charge in [0.1, 0.15) is 6.61 Å². The second-order valence-electron chi connectivity index (χ2n) is 7.46. The number of alkyl carbamates (subject to hydrolysis) is 1. The first-order valence-electron chi connectivity index (χ1n) is 8.01. The van der Waals surface area contributed by atoms with Gasteiger partial charge in [-0.25, -0.2) is 4.79 Å². The maximum atomic E-state index is 12.1. The number of carbonyl (C=O) groups is 1. The number of aliphatic hydroxyl groups excluding tert-OH is 1. The smallest absolute Gasteiger partial charge is 0.407 e. The van der Waals surface area contributed by atoms with E-state index >= 15 is 0 Å². The zero-order valence-electron chi connectivity index (χ0n) is 13.5. The van der Waals surface area contributed by atoms with Gasteiger partial charge in [0, 0.05) is 5.41 Å². The Morgan fingerprint density at radius 1 is 1.32 bits per heavy atom. The minimum absolute atomic E-state index is 0.0315. The second kappa shape index (κ2) is 5.27. The number of amides is 1. The first-order chi connectivity index (χ1) is 10.4. The Hall–Kier alpha value is -1.55. The van der Waals surface area contributed by atoms with Crippen LogP contribution in [0.1, 0.15) is 39.2 Å². The van der Waals surface area contributed by atoms with E-state index in [2.05, 4.69) is 26.1 Å². The lowest BCUT2D eigenvalue weighted by Crippen LogP contribution is -2.49. The molecule has 0 radical (unpaired) electrons. The highest BCUT2D eigenvalue weighted by Crippen LogP contribution is 2.65. The predicted octanol–water partition coefficient (Wildman–Crippen LogP) is 3.10. The molecule has 2 saturated carbocycles. The molecule has 22 heavy (non-hydrogen) atoms. The highest BCUT2D eigenvalue weighted by molar-refractivity contribution is 5.68. The zero-order valence-corrected chi connectivity index (χ0v) is 13.5. The van der Waals surface area contributed by atoms with Crippen molar-refractivity contribution >= 4 is 6.09 Å². The molecule has 4 heteroatoms. The van der Waals surface area contributed by atoms with Gasteiger partial charge in [0.15, 0.2) is 0 Å². The van der Waals surface area contributed by atoms with E-state index in [1.54, 1.807) is 0 Å². The topological polar surface area (TPSA) is 58.6 Å². The first kappa shape index (κ1) is 15.3. The van der Waals surface area contributed by atoms with E-state index in [1.165, 1.54) is 0 Å². The molecule has 1 aromatic rings. The molecule has 0 aromatic heterocycles. The normalized spacial score (nSPS) is 35.4. The van der Waals surface area contributed by atoms with Gasteiger partial charge in [-0.2, -0.15) is 0 Å². The minimum atomic E-state index is -0.509. The Bertz CT molecular complexity index is 557. The Kier molecular flexibility index (Phi) is 3.68. The molecule has 120 valence electrons. The molecule has 2 N–H and O–H groups in total. The fourth-order valence-corrected chi connectivity index (χ4v) is 4.42. The lowest BCUT2D eigenvalue weighted by atomic mass is 9.70. The van der Waals surface area contributed by atoms with E-state index in [4.69, 9.17) is 4.74 Å². The summed E-state index contributed by atoms with van der Waals surface area (Å²) in [4.78, 5) is 12.1. The monoisotopic (exact) mass is 303 g/mol. The first-order valence-corrected chi connectivity index (χ1v) is 8.01. The Morgan fingerprint density at radius 2 is 2.00 bits per heavy atom. The van der Waals surface area contributed by atoms with Gasteiger partial charge < -0.3 is 15.2 Å². The number of carbonyl (C=O) groups excluding carboxylic acids is 1. The van der Waals surface area contributed by atoms with Gasteiger partial charge in [0.25, 0.3) is 0 Å². The van der Waals surface area contributed by atoms with Crippen LogP contribution in [-0.4, -0.2) is 23.3 Å². The Labute approximate surface area is 131 Å². The van der Waals surface area contributed by atoms with Gasteiger partial charge in [-0.15, -0.1) is 0 Å². The number of hydrogen-bond donors (Lipinski definition) is 2. The minimum Gasteiger partial charge on any atom is -0.445 e. The van der Waals surface area contributed by atoms with Crippen LogP contribution in [-0.2, 0) is 11.3 Å². The fourth-order valence-electron chi connectivity index (χ4n) is 4.42. The summed E-state index contributed by atoms with van der Waals surface area (Å²) in [6, 6.07) is 9.39. The van der Waals surface area contributed by atoms with E-state index in [9.17, 15) is 9.90 Å². The number of aliphatic hydroxyl groups is 1. The van der Waals surface area contributed by atoms with Crippen molar-refractivity contribution < 1.29 is 14.6 Å². The van der Waals surface area contributed by atoms with Crippen molar-refractivity contribution in [3.63, 3.8) is 0 Å². The van der Waals surface area contributed by atoms with Gasteiger partial charge in [0.05, 0.1) is 12.1 Å². The molecule has 2 bridgehead atoms. The van der Waals surface area contributed by atoms with Crippen molar-refractivity contribution in [2.45, 2.75) is 52.4 Å². The summed E-state index contributed by atoms with van der Waals surface area (Å²) in [7, 11) is 0. The van der Waals surface area contributed by atoms with Crippen LogP contribution in [0.25, 0.3) is 0 Å². The van der Waals surface area contributed by atoms with Crippen molar-refractivity contribution in [1.82, 2.24) is 5.32 Å². The Balaban J connectivity index is 1.61. The molecule has 3 rings (SSSR count). The van der Waals surface area contributed by atoms with Crippen LogP contribution in [0.15, 0.2) is 30.3 Å². The molecular formula is C18H25NO3. The van der Waals surface area contributed by atoms with Gasteiger partial charge in [-0.3, -0.25) is 0 Å². The van der Waals surface area contributed by atoms with Gasteiger partial charge in [-0.1, -0.05) is 51.1 Å². The number of hydrogen-bond acceptors (Lipinski definition) is 3. The molecule has 0 aliphatic heterocycles. The molecule has 2 aliphatic rings. The van der Waals surface area contributed by atoms with Crippen molar-refractivity contribution in [2.75, 3.05) is 0 Å². The third-order valence-corrected chi connectivity index (χ3v) is 6.30. The zero-order chi connectivity index (χ0) is 16.0. The van der Waals surface area contributed by atoms with Crippen LogP contribution in [0.2, 0.25) is 0 Å². The SMILES string of the molecule is CC1(C)[C@H]2CC[C@]1(C)[C@@H](O)[C@@H]2NC(=O)OCc1ccccc1. The Morgan fingerprint density at radius 3 is 2.59 bits per heavy atom. The molecule has 1 amide bonds. The average molecular weight is 303 g/mol. The highest BCUT2D eigenvalue weighted by Gasteiger charge is 2.66. The lowest BCUT2D eigenvalue weighted by Gasteiger charge is -2.37. The van der Waals surface area contributed by atoms with Crippen molar-refractivity contribution in [1.29, 1.82) is 0 Å². The predicted molar refractivity (Wildman–Crippen MR) is 84.2 cm³/mol. The van der Waals surface area contributed by atoms with Crippen LogP contribution in [0.5, 0.6) is 0 Å². The largest absolute Gasteiger partial charge is 0.445 e. The van der Waals surface area contributed by atoms with Crippen LogP contribution in [0.4, 0.5) is 4.79 Å². The highest BCUT2D eigenvalue weighted by atomic mass is 16.5. The maximum Gasteiger partial charge on any atom is 0.407 e. The standard InChI is InChI=1S/C18H25NO3/c1-17(2)13-9-10-18(17,3)15(20)14(13)19-16(21)22-11-12-7-5-4-6-8-12/h4-8,13-15,20H,9-11H2,1-3H3,(H,19,21)/t13-,14+,15-,18+/m0/s1. The second-order valence-corrected chi connectivity index (χ2v) is 7.46. The maximum absolute atomic E-state index is 12.1. The summed E-state index contributed by atoms with van der Waals surface area (Å²) in [6.45, 7) is 6.78. The van der Waals surface area contributed by atoms with Gasteiger partial charge in [-0.05, 0) is 29.7 Å². The van der Waals surface area contributed by atoms with Crippen LogP contribution >= 0.6 is 0 Å². The summed E-state index contributed by atoms with van der Waals surface area (Å²) in [6.07, 6.45) is 1.11. The summed E-state index contributed by atoms with van der Waals surface area (Å²) in [5.74, 6) is 0.303. The van der Waals surface area contributed by atoms with Crippen LogP contribution < -0.4 is 5.32 Å². The number of fused-ring (bicyclic) bond motifs is 2. The molecule has 0 unspecified atom stereocenters. The van der Waals surface area contributed by atoms with Gasteiger partial charge >= 0.3 is 6.09 Å². The summed E-state index contributed by atoms with van der Waals surface area (Å²) >= 11 is 0. The molecule has 0 heterocycles. The molecule has 1 aromatic carbocycles. The summed E-state index contributed by atoms with van der Waals surface area (Å²) in [5.41, 5.74) is 0.859. The molecule has 4 nitrogen and oxygen atoms in total. The van der Waals surface area contributed by atoms with E-state index < -0.39 is 12.2 Å². The molecular weight excluding hydrogens is 278 g/mol. The summed E-state index contributed by atoms with van der Waals surface area (Å²) < 4.78 is 5.29. The summed E-state index contributed by atoms with van der Waals surface area (Å²) in [5, 5.41) is 13.5. The third-order valence-electron chi connectivity index (χ3n) is 6.30. The molecule has 0 spiro atoms. The molecule has 2 aliphatic carbocycles. The number of ether oxygens (including phenoxy) is 1. The van der Waals surface area contributed by atoms with Crippen molar-refractivity contribution in [3.8, 4) is 0 Å². The van der Waals surface area contributed by atoms with Crippen LogP contribution in [0.3, 0.4) is 0 Å². The van der Waals surface area contributed by atoms with E-state index in [-0.39, 0.29) is 23.5 Å². The fraction of sp³-hybridized carbons (Fsp3) is 0.611. The van der Waals surface area contributed by atoms with Crippen LogP contribution in [0, 0.1) is 16.7 Å². The van der Waals surface area contributed by atoms with E-state index in [0.717, 1.165) is 18.4 Å². The average Bonchev–Trinajstić information content (AvgIpc) is 2.80. The third kappa shape index (κ3) is 2.21. The quantitative estimate of drug-likeness (QED) is 0.902. The molecule has 2 fully saturated rings. The van der Waals surface area contributed by atoms with Gasteiger partial charge in [0.2, 0.25) is 0 Å². The molecule has 0 saturated heterocycles. The number of nitrogens with one attached hydrogen (secondary N) is 1. The van der Waals surface area contributed by atoms with E-state index in [1.807, 2.05) is 30.3 Å². The van der Waals surface area contributed by atoms with Crippen molar-refractivity contribution in [2.24, 2.45) is 16.7 Å². The lowest BCUT2D eigenvalue weighted by molar-refractivity contribution is -0.000402. The number of rotatable bonds is 3. The van der Waals surface area contributed by atoms with Crippen molar-refractivity contribution in [3.05, 3.63) is 35.9 Å².